The van der Waals surface area contributed by atoms with E-state index in [0.717, 1.165) is 0 Å². The van der Waals surface area contributed by atoms with Gasteiger partial charge in [0.25, 0.3) is 0 Å². The van der Waals surface area contributed by atoms with Gasteiger partial charge in [0.05, 0.1) is 12.1 Å². The fraction of sp³-hybridized carbons (Fsp3) is 0.857. The number of carbonyl (C=O) groups is 1. The number of aliphatic carboxylic acids is 1. The second-order valence-corrected chi connectivity index (χ2v) is 2.69. The van der Waals surface area contributed by atoms with Crippen molar-refractivity contribution in [3.8, 4) is 0 Å². The maximum atomic E-state index is 10.1. The van der Waals surface area contributed by atoms with Crippen molar-refractivity contribution in [2.45, 2.75) is 26.9 Å². The van der Waals surface area contributed by atoms with Crippen molar-refractivity contribution in [2.24, 2.45) is 5.92 Å². The third-order valence-corrected chi connectivity index (χ3v) is 1.01. The molecule has 0 heterocycles. The normalized spacial score (nSPS) is 12.4. The topological polar surface area (TPSA) is 49.4 Å². The van der Waals surface area contributed by atoms with Crippen LogP contribution in [-0.4, -0.2) is 18.7 Å². The molecule has 11 heavy (non-hydrogen) atoms. The second-order valence-electron chi connectivity index (χ2n) is 2.69. The summed E-state index contributed by atoms with van der Waals surface area (Å²) in [5.74, 6) is -0.789. The molecule has 0 amide bonds. The summed E-state index contributed by atoms with van der Waals surface area (Å²) in [7, 11) is 0. The van der Waals surface area contributed by atoms with Crippen molar-refractivity contribution >= 4 is 5.97 Å². The largest absolute Gasteiger partial charge is 1.00 e. The summed E-state index contributed by atoms with van der Waals surface area (Å²) < 4.78 is 4.90. The number of carbonyl (C=O) groups excluding carboxylic acids is 1. The molecule has 3 nitrogen and oxygen atoms in total. The Labute approximate surface area is 110 Å². The quantitative estimate of drug-likeness (QED) is 0.432. The van der Waals surface area contributed by atoms with Crippen LogP contribution < -0.4 is 56.5 Å². The zero-order valence-electron chi connectivity index (χ0n) is 7.59. The Morgan fingerprint density at radius 1 is 1.45 bits per heavy atom. The molecule has 0 rings (SSSR count). The molecule has 60 valence electrons. The average Bonchev–Trinajstić information content (AvgIpc) is 1.82. The predicted octanol–water partition coefficient (Wildman–Crippen LogP) is -3.20. The molecule has 0 aromatic carbocycles. The van der Waals surface area contributed by atoms with E-state index >= 15 is 0 Å². The summed E-state index contributed by atoms with van der Waals surface area (Å²) in [4.78, 5) is 10.1. The maximum Gasteiger partial charge on any atom is 1.00 e. The smallest absolute Gasteiger partial charge is 0.547 e. The van der Waals surface area contributed by atoms with E-state index in [9.17, 15) is 9.90 Å². The fourth-order valence-corrected chi connectivity index (χ4v) is 0.405. The van der Waals surface area contributed by atoms with E-state index in [1.165, 1.54) is 6.92 Å². The number of hydrogen-bond acceptors (Lipinski definition) is 3. The Morgan fingerprint density at radius 3 is 2.18 bits per heavy atom. The van der Waals surface area contributed by atoms with E-state index in [1.54, 1.807) is 0 Å². The van der Waals surface area contributed by atoms with Gasteiger partial charge in [0.1, 0.15) is 0 Å². The summed E-state index contributed by atoms with van der Waals surface area (Å²) in [5, 5.41) is 10.1. The zero-order valence-corrected chi connectivity index (χ0v) is 10.7. The number of carboxylic acids is 1. The monoisotopic (exact) mass is 184 g/mol. The van der Waals surface area contributed by atoms with E-state index in [-0.39, 0.29) is 51.4 Å². The molecule has 0 fully saturated rings. The molecule has 0 bridgehead atoms. The molecular formula is C7H13KO3. The van der Waals surface area contributed by atoms with Crippen LogP contribution in [0.15, 0.2) is 0 Å². The van der Waals surface area contributed by atoms with Crippen LogP contribution in [0.1, 0.15) is 20.8 Å². The van der Waals surface area contributed by atoms with Crippen molar-refractivity contribution < 1.29 is 66.0 Å². The summed E-state index contributed by atoms with van der Waals surface area (Å²) in [6, 6.07) is 0. The Morgan fingerprint density at radius 2 is 1.91 bits per heavy atom. The van der Waals surface area contributed by atoms with E-state index in [1.807, 2.05) is 13.8 Å². The zero-order chi connectivity index (χ0) is 8.15. The Kier molecular flexibility index (Phi) is 10.2. The number of ether oxygens (including phenoxy) is 1. The van der Waals surface area contributed by atoms with Crippen molar-refractivity contribution in [2.75, 3.05) is 6.61 Å². The van der Waals surface area contributed by atoms with Crippen LogP contribution >= 0.6 is 0 Å². The predicted molar refractivity (Wildman–Crippen MR) is 35.3 cm³/mol. The molecule has 4 heteroatoms. The third kappa shape index (κ3) is 8.98. The second kappa shape index (κ2) is 7.70. The number of hydrogen-bond donors (Lipinski definition) is 0. The van der Waals surface area contributed by atoms with Gasteiger partial charge in [0.15, 0.2) is 0 Å². The van der Waals surface area contributed by atoms with Gasteiger partial charge in [-0.15, -0.1) is 0 Å². The first-order valence-electron chi connectivity index (χ1n) is 3.36. The van der Waals surface area contributed by atoms with Crippen molar-refractivity contribution in [3.05, 3.63) is 0 Å². The summed E-state index contributed by atoms with van der Waals surface area (Å²) >= 11 is 0. The Hall–Kier alpha value is 1.07. The molecule has 0 radical (unpaired) electrons. The molecule has 0 aliphatic rings. The number of carboxylic acid groups (broad SMARTS) is 1. The molecule has 1 unspecified atom stereocenters. The van der Waals surface area contributed by atoms with Gasteiger partial charge in [-0.1, -0.05) is 13.8 Å². The molecule has 0 aliphatic heterocycles. The van der Waals surface area contributed by atoms with Gasteiger partial charge in [-0.05, 0) is 12.8 Å². The van der Waals surface area contributed by atoms with Crippen LogP contribution in [0.3, 0.4) is 0 Å². The van der Waals surface area contributed by atoms with Crippen LogP contribution in [0.25, 0.3) is 0 Å². The first-order chi connectivity index (χ1) is 4.54. The summed E-state index contributed by atoms with van der Waals surface area (Å²) in [6.07, 6.45) is -0.789. The molecule has 0 saturated carbocycles. The van der Waals surface area contributed by atoms with Crippen molar-refractivity contribution in [1.82, 2.24) is 0 Å². The van der Waals surface area contributed by atoms with E-state index in [0.29, 0.717) is 12.5 Å². The van der Waals surface area contributed by atoms with Gasteiger partial charge in [0.2, 0.25) is 0 Å². The van der Waals surface area contributed by atoms with Crippen LogP contribution in [0, 0.1) is 5.92 Å². The maximum absolute atomic E-state index is 10.1. The van der Waals surface area contributed by atoms with Crippen molar-refractivity contribution in [3.63, 3.8) is 0 Å². The average molecular weight is 184 g/mol. The molecule has 0 saturated heterocycles. The molecule has 0 N–H and O–H groups in total. The molecule has 0 spiro atoms. The minimum absolute atomic E-state index is 0. The van der Waals surface area contributed by atoms with Gasteiger partial charge < -0.3 is 14.6 Å². The van der Waals surface area contributed by atoms with Gasteiger partial charge in [0, 0.05) is 6.61 Å². The van der Waals surface area contributed by atoms with Crippen LogP contribution in [0.2, 0.25) is 0 Å². The molecule has 0 aromatic rings. The van der Waals surface area contributed by atoms with Gasteiger partial charge >= 0.3 is 51.4 Å². The summed E-state index contributed by atoms with van der Waals surface area (Å²) in [6.45, 7) is 5.86. The SMILES string of the molecule is CC(C)COC(C)C(=O)[O-].[K+]. The first kappa shape index (κ1) is 14.6. The Balaban J connectivity index is 0. The van der Waals surface area contributed by atoms with E-state index in [2.05, 4.69) is 0 Å². The minimum Gasteiger partial charge on any atom is -0.547 e. The molecule has 0 aliphatic carbocycles. The van der Waals surface area contributed by atoms with Crippen LogP contribution in [0.5, 0.6) is 0 Å². The van der Waals surface area contributed by atoms with Gasteiger partial charge in [-0.2, -0.15) is 0 Å². The van der Waals surface area contributed by atoms with Crippen molar-refractivity contribution in [1.29, 1.82) is 0 Å². The number of rotatable bonds is 4. The molecular weight excluding hydrogens is 171 g/mol. The molecule has 0 aromatic heterocycles. The third-order valence-electron chi connectivity index (χ3n) is 1.01. The molecule has 1 atom stereocenters. The fourth-order valence-electron chi connectivity index (χ4n) is 0.405. The van der Waals surface area contributed by atoms with Crippen LogP contribution in [-0.2, 0) is 9.53 Å². The standard InChI is InChI=1S/C7H14O3.K/c1-5(2)4-10-6(3)7(8)9;/h5-6H,4H2,1-3H3,(H,8,9);/q;+1/p-1. The van der Waals surface area contributed by atoms with E-state index < -0.39 is 12.1 Å². The van der Waals surface area contributed by atoms with Gasteiger partial charge in [-0.3, -0.25) is 0 Å². The van der Waals surface area contributed by atoms with Crippen LogP contribution in [0.4, 0.5) is 0 Å². The van der Waals surface area contributed by atoms with Gasteiger partial charge in [-0.25, -0.2) is 0 Å². The Bertz CT molecular complexity index is 114. The van der Waals surface area contributed by atoms with E-state index in [4.69, 9.17) is 4.74 Å². The first-order valence-corrected chi connectivity index (χ1v) is 3.36. The minimum atomic E-state index is -1.15. The summed E-state index contributed by atoms with van der Waals surface area (Å²) in [5.41, 5.74) is 0.